The minimum absolute atomic E-state index is 0.134. The van der Waals surface area contributed by atoms with Crippen molar-refractivity contribution in [2.75, 3.05) is 40.0 Å². The van der Waals surface area contributed by atoms with E-state index in [0.717, 1.165) is 45.6 Å². The van der Waals surface area contributed by atoms with Crippen LogP contribution in [0.5, 0.6) is 0 Å². The highest BCUT2D eigenvalue weighted by Gasteiger charge is 2.36. The Morgan fingerprint density at radius 2 is 2.00 bits per heavy atom. The fourth-order valence-electron chi connectivity index (χ4n) is 3.33. The Morgan fingerprint density at radius 1 is 1.30 bits per heavy atom. The largest absolute Gasteiger partial charge is 0.381 e. The van der Waals surface area contributed by atoms with Crippen LogP contribution in [0.4, 0.5) is 0 Å². The predicted molar refractivity (Wildman–Crippen MR) is 77.7 cm³/mol. The standard InChI is InChI=1S/C15H28N2O3/c1-12(2)16-7-4-14(10-16)17(15(18)11-19-3)13-5-8-20-9-6-13/h12-14H,4-11H2,1-3H3. The first-order valence-corrected chi connectivity index (χ1v) is 7.75. The molecule has 20 heavy (non-hydrogen) atoms. The van der Waals surface area contributed by atoms with Crippen molar-refractivity contribution in [1.82, 2.24) is 9.80 Å². The van der Waals surface area contributed by atoms with Crippen molar-refractivity contribution in [3.8, 4) is 0 Å². The van der Waals surface area contributed by atoms with Crippen LogP contribution in [0.3, 0.4) is 0 Å². The van der Waals surface area contributed by atoms with E-state index in [1.54, 1.807) is 7.11 Å². The molecule has 2 aliphatic rings. The summed E-state index contributed by atoms with van der Waals surface area (Å²) in [7, 11) is 1.59. The van der Waals surface area contributed by atoms with Gasteiger partial charge < -0.3 is 14.4 Å². The maximum atomic E-state index is 12.4. The molecular weight excluding hydrogens is 256 g/mol. The first kappa shape index (κ1) is 15.7. The van der Waals surface area contributed by atoms with Crippen molar-refractivity contribution in [2.24, 2.45) is 0 Å². The van der Waals surface area contributed by atoms with Crippen molar-refractivity contribution >= 4 is 5.91 Å². The normalized spacial score (nSPS) is 25.3. The minimum atomic E-state index is 0.134. The van der Waals surface area contributed by atoms with Gasteiger partial charge in [-0.1, -0.05) is 0 Å². The monoisotopic (exact) mass is 284 g/mol. The lowest BCUT2D eigenvalue weighted by atomic mass is 10.0. The molecule has 0 saturated carbocycles. The SMILES string of the molecule is COCC(=O)N(C1CCOCC1)C1CCN(C(C)C)C1. The molecule has 0 bridgehead atoms. The lowest BCUT2D eigenvalue weighted by molar-refractivity contribution is -0.142. The number of nitrogens with zero attached hydrogens (tertiary/aromatic N) is 2. The number of hydrogen-bond acceptors (Lipinski definition) is 4. The fraction of sp³-hybridized carbons (Fsp3) is 0.933. The Hall–Kier alpha value is -0.650. The molecule has 1 unspecified atom stereocenters. The molecule has 1 atom stereocenters. The third kappa shape index (κ3) is 3.71. The zero-order valence-electron chi connectivity index (χ0n) is 13.0. The average molecular weight is 284 g/mol. The zero-order chi connectivity index (χ0) is 14.5. The predicted octanol–water partition coefficient (Wildman–Crippen LogP) is 1.12. The molecule has 0 aromatic rings. The van der Waals surface area contributed by atoms with Gasteiger partial charge >= 0.3 is 0 Å². The van der Waals surface area contributed by atoms with E-state index in [1.165, 1.54) is 0 Å². The van der Waals surface area contributed by atoms with Gasteiger partial charge in [-0.2, -0.15) is 0 Å². The summed E-state index contributed by atoms with van der Waals surface area (Å²) < 4.78 is 10.5. The van der Waals surface area contributed by atoms with Crippen LogP contribution in [0, 0.1) is 0 Å². The number of likely N-dealkylation sites (tertiary alicyclic amines) is 1. The number of rotatable bonds is 5. The van der Waals surface area contributed by atoms with Crippen LogP contribution in [-0.4, -0.2) is 73.9 Å². The molecule has 0 aliphatic carbocycles. The van der Waals surface area contributed by atoms with Gasteiger partial charge in [-0.25, -0.2) is 0 Å². The van der Waals surface area contributed by atoms with Crippen molar-refractivity contribution in [3.05, 3.63) is 0 Å². The van der Waals surface area contributed by atoms with Gasteiger partial charge in [0.05, 0.1) is 0 Å². The Kier molecular flexibility index (Phi) is 5.81. The molecule has 5 heteroatoms. The Labute approximate surface area is 122 Å². The molecule has 2 rings (SSSR count). The van der Waals surface area contributed by atoms with E-state index in [9.17, 15) is 4.79 Å². The summed E-state index contributed by atoms with van der Waals surface area (Å²) in [6.07, 6.45) is 2.98. The summed E-state index contributed by atoms with van der Waals surface area (Å²) in [5.74, 6) is 0.134. The van der Waals surface area contributed by atoms with Gasteiger partial charge in [0, 0.05) is 51.5 Å². The van der Waals surface area contributed by atoms with Crippen LogP contribution in [0.2, 0.25) is 0 Å². The second kappa shape index (κ2) is 7.38. The maximum absolute atomic E-state index is 12.4. The molecule has 0 aromatic heterocycles. The zero-order valence-corrected chi connectivity index (χ0v) is 13.0. The first-order chi connectivity index (χ1) is 9.63. The van der Waals surface area contributed by atoms with Crippen LogP contribution in [0.15, 0.2) is 0 Å². The lowest BCUT2D eigenvalue weighted by Crippen LogP contribution is -2.51. The highest BCUT2D eigenvalue weighted by Crippen LogP contribution is 2.24. The van der Waals surface area contributed by atoms with E-state index in [-0.39, 0.29) is 12.5 Å². The maximum Gasteiger partial charge on any atom is 0.249 e. The van der Waals surface area contributed by atoms with Crippen molar-refractivity contribution in [2.45, 2.75) is 51.2 Å². The van der Waals surface area contributed by atoms with E-state index in [2.05, 4.69) is 23.6 Å². The molecule has 2 heterocycles. The third-order valence-electron chi connectivity index (χ3n) is 4.46. The fourth-order valence-corrected chi connectivity index (χ4v) is 3.33. The number of carbonyl (C=O) groups is 1. The number of hydrogen-bond donors (Lipinski definition) is 0. The van der Waals surface area contributed by atoms with Gasteiger partial charge in [0.25, 0.3) is 0 Å². The van der Waals surface area contributed by atoms with Crippen LogP contribution in [0.25, 0.3) is 0 Å². The number of ether oxygens (including phenoxy) is 2. The van der Waals surface area contributed by atoms with Gasteiger partial charge in [-0.05, 0) is 33.1 Å². The summed E-state index contributed by atoms with van der Waals surface area (Å²) in [4.78, 5) is 17.0. The van der Waals surface area contributed by atoms with Crippen molar-refractivity contribution in [1.29, 1.82) is 0 Å². The highest BCUT2D eigenvalue weighted by molar-refractivity contribution is 5.78. The van der Waals surface area contributed by atoms with Gasteiger partial charge in [-0.3, -0.25) is 9.69 Å². The molecular formula is C15H28N2O3. The molecule has 0 aromatic carbocycles. The van der Waals surface area contributed by atoms with Gasteiger partial charge in [-0.15, -0.1) is 0 Å². The van der Waals surface area contributed by atoms with Crippen LogP contribution in [-0.2, 0) is 14.3 Å². The van der Waals surface area contributed by atoms with Gasteiger partial charge in [0.1, 0.15) is 6.61 Å². The molecule has 2 fully saturated rings. The molecule has 1 amide bonds. The first-order valence-electron chi connectivity index (χ1n) is 7.75. The number of amides is 1. The third-order valence-corrected chi connectivity index (χ3v) is 4.46. The summed E-state index contributed by atoms with van der Waals surface area (Å²) >= 11 is 0. The van der Waals surface area contributed by atoms with E-state index in [1.807, 2.05) is 0 Å². The number of methoxy groups -OCH3 is 1. The average Bonchev–Trinajstić information content (AvgIpc) is 2.90. The number of carbonyl (C=O) groups excluding carboxylic acids is 1. The van der Waals surface area contributed by atoms with Crippen LogP contribution >= 0.6 is 0 Å². The van der Waals surface area contributed by atoms with Crippen molar-refractivity contribution in [3.63, 3.8) is 0 Å². The summed E-state index contributed by atoms with van der Waals surface area (Å²) in [6, 6.07) is 1.21. The molecule has 2 saturated heterocycles. The van der Waals surface area contributed by atoms with E-state index >= 15 is 0 Å². The lowest BCUT2D eigenvalue weighted by Gasteiger charge is -2.38. The van der Waals surface area contributed by atoms with E-state index in [0.29, 0.717) is 18.1 Å². The Morgan fingerprint density at radius 3 is 2.55 bits per heavy atom. The highest BCUT2D eigenvalue weighted by atomic mass is 16.5. The molecule has 0 spiro atoms. The molecule has 0 N–H and O–H groups in total. The summed E-state index contributed by atoms with van der Waals surface area (Å²) in [5.41, 5.74) is 0. The van der Waals surface area contributed by atoms with Gasteiger partial charge in [0.15, 0.2) is 0 Å². The van der Waals surface area contributed by atoms with Crippen molar-refractivity contribution < 1.29 is 14.3 Å². The summed E-state index contributed by atoms with van der Waals surface area (Å²) in [6.45, 7) is 8.24. The Balaban J connectivity index is 2.04. The second-order valence-electron chi connectivity index (χ2n) is 6.11. The van der Waals surface area contributed by atoms with E-state index < -0.39 is 0 Å². The van der Waals surface area contributed by atoms with E-state index in [4.69, 9.17) is 9.47 Å². The second-order valence-corrected chi connectivity index (χ2v) is 6.11. The van der Waals surface area contributed by atoms with Crippen LogP contribution in [0.1, 0.15) is 33.1 Å². The summed E-state index contributed by atoms with van der Waals surface area (Å²) in [5, 5.41) is 0. The molecule has 2 aliphatic heterocycles. The minimum Gasteiger partial charge on any atom is -0.381 e. The quantitative estimate of drug-likeness (QED) is 0.759. The molecule has 116 valence electrons. The van der Waals surface area contributed by atoms with Crippen LogP contribution < -0.4 is 0 Å². The molecule has 0 radical (unpaired) electrons. The van der Waals surface area contributed by atoms with Gasteiger partial charge in [0.2, 0.25) is 5.91 Å². The smallest absolute Gasteiger partial charge is 0.249 e. The molecule has 5 nitrogen and oxygen atoms in total. The topological polar surface area (TPSA) is 42.0 Å². The Bertz CT molecular complexity index is 316.